The fourth-order valence-corrected chi connectivity index (χ4v) is 1.64. The van der Waals surface area contributed by atoms with E-state index >= 15 is 0 Å². The van der Waals surface area contributed by atoms with Gasteiger partial charge < -0.3 is 10.1 Å². The summed E-state index contributed by atoms with van der Waals surface area (Å²) in [5, 5.41) is 10.6. The van der Waals surface area contributed by atoms with Crippen LogP contribution in [0.25, 0.3) is 0 Å². The third-order valence-electron chi connectivity index (χ3n) is 2.55. The van der Waals surface area contributed by atoms with Crippen molar-refractivity contribution in [3.8, 4) is 0 Å². The molecule has 2 heterocycles. The normalized spacial score (nSPS) is 10.3. The molecule has 0 spiro atoms. The highest BCUT2D eigenvalue weighted by Gasteiger charge is 2.18. The van der Waals surface area contributed by atoms with Crippen LogP contribution in [0.2, 0.25) is 0 Å². The molecule has 0 aliphatic heterocycles. The summed E-state index contributed by atoms with van der Waals surface area (Å²) in [6.07, 6.45) is 1.71. The molecule has 106 valence electrons. The van der Waals surface area contributed by atoms with Crippen LogP contribution in [0.5, 0.6) is 0 Å². The van der Waals surface area contributed by atoms with Crippen molar-refractivity contribution in [1.82, 2.24) is 19.6 Å². The second kappa shape index (κ2) is 5.55. The van der Waals surface area contributed by atoms with Crippen molar-refractivity contribution >= 4 is 17.7 Å². The monoisotopic (exact) mass is 277 g/mol. The topological polar surface area (TPSA) is 91.0 Å². The zero-order valence-electron chi connectivity index (χ0n) is 11.5. The van der Waals surface area contributed by atoms with Gasteiger partial charge in [0.25, 0.3) is 5.91 Å². The first-order chi connectivity index (χ1) is 9.51. The van der Waals surface area contributed by atoms with E-state index in [1.54, 1.807) is 38.0 Å². The Bertz CT molecular complexity index is 643. The van der Waals surface area contributed by atoms with Crippen LogP contribution in [-0.4, -0.2) is 38.0 Å². The van der Waals surface area contributed by atoms with Gasteiger partial charge in [-0.1, -0.05) is 0 Å². The molecule has 0 unspecified atom stereocenters. The molecule has 0 bridgehead atoms. The third-order valence-corrected chi connectivity index (χ3v) is 2.55. The van der Waals surface area contributed by atoms with Crippen LogP contribution in [0.1, 0.15) is 27.9 Å². The fourth-order valence-electron chi connectivity index (χ4n) is 1.64. The van der Waals surface area contributed by atoms with Crippen LogP contribution < -0.4 is 5.32 Å². The molecule has 2 rings (SSSR count). The first kappa shape index (κ1) is 13.8. The maximum absolute atomic E-state index is 12.0. The van der Waals surface area contributed by atoms with Crippen LogP contribution in [0.4, 0.5) is 5.82 Å². The number of carbonyl (C=O) groups excluding carboxylic acids is 2. The molecule has 2 aromatic heterocycles. The summed E-state index contributed by atoms with van der Waals surface area (Å²) in [6.45, 7) is 1.97. The SMILES string of the molecule is CCOC(=O)c1cc(C(=O)Nc2ccn(C)n2)nn1C. The average Bonchev–Trinajstić information content (AvgIpc) is 2.96. The van der Waals surface area contributed by atoms with Gasteiger partial charge in [-0.05, 0) is 6.92 Å². The molecule has 0 aliphatic carbocycles. The number of esters is 1. The molecule has 0 atom stereocenters. The Morgan fingerprint density at radius 2 is 2.10 bits per heavy atom. The third kappa shape index (κ3) is 2.85. The van der Waals surface area contributed by atoms with E-state index in [9.17, 15) is 9.59 Å². The zero-order chi connectivity index (χ0) is 14.7. The van der Waals surface area contributed by atoms with Crippen molar-refractivity contribution in [2.45, 2.75) is 6.92 Å². The minimum absolute atomic E-state index is 0.126. The maximum Gasteiger partial charge on any atom is 0.356 e. The molecule has 0 saturated carbocycles. The highest BCUT2D eigenvalue weighted by molar-refractivity contribution is 6.03. The number of ether oxygens (including phenoxy) is 1. The molecule has 1 amide bonds. The van der Waals surface area contributed by atoms with Crippen molar-refractivity contribution in [1.29, 1.82) is 0 Å². The lowest BCUT2D eigenvalue weighted by Gasteiger charge is -1.99. The Balaban J connectivity index is 2.15. The number of carbonyl (C=O) groups is 2. The number of nitrogens with one attached hydrogen (secondary N) is 1. The standard InChI is InChI=1S/C12H15N5O3/c1-4-20-12(19)9-7-8(14-17(9)3)11(18)13-10-5-6-16(2)15-10/h5-7H,4H2,1-3H3,(H,13,15,18). The summed E-state index contributed by atoms with van der Waals surface area (Å²) in [4.78, 5) is 23.6. The lowest BCUT2D eigenvalue weighted by Crippen LogP contribution is -2.13. The number of hydrogen-bond acceptors (Lipinski definition) is 5. The molecule has 8 nitrogen and oxygen atoms in total. The Labute approximate surface area is 115 Å². The molecule has 0 aliphatic rings. The summed E-state index contributed by atoms with van der Waals surface area (Å²) in [6, 6.07) is 3.05. The molecule has 1 N–H and O–H groups in total. The van der Waals surface area contributed by atoms with E-state index in [0.29, 0.717) is 5.82 Å². The van der Waals surface area contributed by atoms with Gasteiger partial charge in [-0.2, -0.15) is 10.2 Å². The van der Waals surface area contributed by atoms with Crippen molar-refractivity contribution < 1.29 is 14.3 Å². The minimum Gasteiger partial charge on any atom is -0.461 e. The van der Waals surface area contributed by atoms with Gasteiger partial charge >= 0.3 is 5.97 Å². The van der Waals surface area contributed by atoms with E-state index in [-0.39, 0.29) is 18.0 Å². The number of hydrogen-bond donors (Lipinski definition) is 1. The number of amides is 1. The van der Waals surface area contributed by atoms with Gasteiger partial charge in [0.1, 0.15) is 5.69 Å². The van der Waals surface area contributed by atoms with Crippen molar-refractivity contribution in [3.05, 3.63) is 29.7 Å². The summed E-state index contributed by atoms with van der Waals surface area (Å²) in [5.41, 5.74) is 0.347. The number of aryl methyl sites for hydroxylation is 2. The van der Waals surface area contributed by atoms with Crippen LogP contribution >= 0.6 is 0 Å². The Morgan fingerprint density at radius 1 is 1.35 bits per heavy atom. The minimum atomic E-state index is -0.514. The molecule has 0 radical (unpaired) electrons. The number of rotatable bonds is 4. The van der Waals surface area contributed by atoms with Crippen LogP contribution in [0.3, 0.4) is 0 Å². The number of aromatic nitrogens is 4. The van der Waals surface area contributed by atoms with Crippen LogP contribution in [0.15, 0.2) is 18.3 Å². The van der Waals surface area contributed by atoms with Crippen molar-refractivity contribution in [3.63, 3.8) is 0 Å². The van der Waals surface area contributed by atoms with E-state index in [1.807, 2.05) is 0 Å². The molecule has 8 heteroatoms. The van der Waals surface area contributed by atoms with E-state index in [4.69, 9.17) is 4.74 Å². The highest BCUT2D eigenvalue weighted by Crippen LogP contribution is 2.08. The average molecular weight is 277 g/mol. The van der Waals surface area contributed by atoms with E-state index in [2.05, 4.69) is 15.5 Å². The Kier molecular flexibility index (Phi) is 3.83. The van der Waals surface area contributed by atoms with Crippen molar-refractivity contribution in [2.75, 3.05) is 11.9 Å². The predicted molar refractivity (Wildman–Crippen MR) is 70.3 cm³/mol. The molecule has 20 heavy (non-hydrogen) atoms. The van der Waals surface area contributed by atoms with Gasteiger partial charge in [-0.25, -0.2) is 4.79 Å². The molecule has 2 aromatic rings. The highest BCUT2D eigenvalue weighted by atomic mass is 16.5. The zero-order valence-corrected chi connectivity index (χ0v) is 11.5. The first-order valence-corrected chi connectivity index (χ1v) is 6.03. The van der Waals surface area contributed by atoms with Gasteiger partial charge in [0.05, 0.1) is 6.61 Å². The summed E-state index contributed by atoms with van der Waals surface area (Å²) in [5.74, 6) is -0.532. The van der Waals surface area contributed by atoms with Gasteiger partial charge in [0.2, 0.25) is 0 Å². The van der Waals surface area contributed by atoms with E-state index in [0.717, 1.165) is 0 Å². The predicted octanol–water partition coefficient (Wildman–Crippen LogP) is 0.583. The van der Waals surface area contributed by atoms with Gasteiger partial charge in [0, 0.05) is 32.4 Å². The van der Waals surface area contributed by atoms with E-state index < -0.39 is 11.9 Å². The Morgan fingerprint density at radius 3 is 2.70 bits per heavy atom. The summed E-state index contributed by atoms with van der Waals surface area (Å²) in [7, 11) is 3.32. The van der Waals surface area contributed by atoms with Gasteiger partial charge in [-0.3, -0.25) is 14.2 Å². The lowest BCUT2D eigenvalue weighted by atomic mass is 10.3. The first-order valence-electron chi connectivity index (χ1n) is 6.03. The lowest BCUT2D eigenvalue weighted by molar-refractivity contribution is 0.0513. The number of nitrogens with zero attached hydrogens (tertiary/aromatic N) is 4. The van der Waals surface area contributed by atoms with E-state index in [1.165, 1.54) is 10.7 Å². The summed E-state index contributed by atoms with van der Waals surface area (Å²) < 4.78 is 7.75. The molecule has 0 saturated heterocycles. The summed E-state index contributed by atoms with van der Waals surface area (Å²) >= 11 is 0. The second-order valence-corrected chi connectivity index (χ2v) is 4.09. The van der Waals surface area contributed by atoms with Gasteiger partial charge in [-0.15, -0.1) is 0 Å². The maximum atomic E-state index is 12.0. The number of anilines is 1. The smallest absolute Gasteiger partial charge is 0.356 e. The molecular formula is C12H15N5O3. The van der Waals surface area contributed by atoms with Crippen molar-refractivity contribution in [2.24, 2.45) is 14.1 Å². The second-order valence-electron chi connectivity index (χ2n) is 4.09. The molecule has 0 aromatic carbocycles. The quantitative estimate of drug-likeness (QED) is 0.825. The molecule has 0 fully saturated rings. The fraction of sp³-hybridized carbons (Fsp3) is 0.333. The van der Waals surface area contributed by atoms with Crippen LogP contribution in [0, 0.1) is 0 Å². The Hall–Kier alpha value is -2.64. The molecular weight excluding hydrogens is 262 g/mol. The van der Waals surface area contributed by atoms with Gasteiger partial charge in [0.15, 0.2) is 11.5 Å². The van der Waals surface area contributed by atoms with Crippen LogP contribution in [-0.2, 0) is 18.8 Å². The largest absolute Gasteiger partial charge is 0.461 e.